The van der Waals surface area contributed by atoms with Gasteiger partial charge in [-0.3, -0.25) is 4.99 Å². The van der Waals surface area contributed by atoms with Crippen LogP contribution in [0.2, 0.25) is 0 Å². The molecule has 0 atom stereocenters. The van der Waals surface area contributed by atoms with Crippen LogP contribution in [0.3, 0.4) is 0 Å². The number of thiazole rings is 1. The molecule has 30 heavy (non-hydrogen) atoms. The van der Waals surface area contributed by atoms with Crippen LogP contribution in [0.25, 0.3) is 0 Å². The van der Waals surface area contributed by atoms with Gasteiger partial charge in [0.25, 0.3) is 0 Å². The van der Waals surface area contributed by atoms with Crippen LogP contribution in [0, 0.1) is 6.92 Å². The van der Waals surface area contributed by atoms with Crippen molar-refractivity contribution >= 4 is 51.3 Å². The summed E-state index contributed by atoms with van der Waals surface area (Å²) in [6, 6.07) is 0. The van der Waals surface area contributed by atoms with Crippen LogP contribution in [0.4, 0.5) is 0 Å². The second-order valence-electron chi connectivity index (χ2n) is 7.44. The van der Waals surface area contributed by atoms with Crippen molar-refractivity contribution in [2.24, 2.45) is 4.99 Å². The third-order valence-electron chi connectivity index (χ3n) is 4.70. The van der Waals surface area contributed by atoms with Crippen molar-refractivity contribution in [1.29, 1.82) is 0 Å². The van der Waals surface area contributed by atoms with E-state index < -0.39 is 10.0 Å². The van der Waals surface area contributed by atoms with Gasteiger partial charge in [-0.1, -0.05) is 0 Å². The van der Waals surface area contributed by atoms with Crippen molar-refractivity contribution in [3.05, 3.63) is 16.1 Å². The van der Waals surface area contributed by atoms with E-state index in [1.54, 1.807) is 22.7 Å². The number of aliphatic imine (C=N–C) groups is 1. The molecule has 1 aliphatic rings. The van der Waals surface area contributed by atoms with Crippen LogP contribution in [0.15, 0.2) is 10.4 Å². The van der Waals surface area contributed by atoms with E-state index in [0.29, 0.717) is 26.2 Å². The molecule has 0 saturated carbocycles. The fourth-order valence-electron chi connectivity index (χ4n) is 3.15. The summed E-state index contributed by atoms with van der Waals surface area (Å²) in [6.45, 7) is 9.17. The molecule has 2 heterocycles. The Hall–Kier alpha value is -0.500. The van der Waals surface area contributed by atoms with Gasteiger partial charge in [0.05, 0.1) is 23.5 Å². The van der Waals surface area contributed by atoms with Crippen LogP contribution in [-0.4, -0.2) is 86.8 Å². The number of rotatable bonds is 10. The SMILES string of the molecule is CN=C(NCCCCc1nc(C)cs1)N1CCN(S(=O)(=O)CCOC(C)C)CC1.I. The number of sulfonamides is 1. The second-order valence-corrected chi connectivity index (χ2v) is 10.5. The summed E-state index contributed by atoms with van der Waals surface area (Å²) in [5.41, 5.74) is 1.09. The summed E-state index contributed by atoms with van der Waals surface area (Å²) < 4.78 is 31.9. The minimum absolute atomic E-state index is 0. The number of nitrogens with zero attached hydrogens (tertiary/aromatic N) is 4. The van der Waals surface area contributed by atoms with Gasteiger partial charge < -0.3 is 15.0 Å². The first-order chi connectivity index (χ1) is 13.8. The Labute approximate surface area is 202 Å². The van der Waals surface area contributed by atoms with Crippen molar-refractivity contribution in [2.45, 2.75) is 46.1 Å². The molecule has 1 N–H and O–H groups in total. The summed E-state index contributed by atoms with van der Waals surface area (Å²) in [4.78, 5) is 11.0. The third-order valence-corrected chi connectivity index (χ3v) is 7.56. The lowest BCUT2D eigenvalue weighted by molar-refractivity contribution is 0.0904. The van der Waals surface area contributed by atoms with Crippen LogP contribution in [0.5, 0.6) is 0 Å². The standard InChI is InChI=1S/C19H35N5O3S2.HI/c1-16(2)27-13-14-29(25,26)24-11-9-23(10-12-24)19(20-4)21-8-6-5-7-18-22-17(3)15-28-18;/h15-16H,5-14H2,1-4H3,(H,20,21);1H. The first-order valence-corrected chi connectivity index (χ1v) is 12.8. The monoisotopic (exact) mass is 573 g/mol. The summed E-state index contributed by atoms with van der Waals surface area (Å²) in [6.07, 6.45) is 3.18. The first-order valence-electron chi connectivity index (χ1n) is 10.3. The van der Waals surface area contributed by atoms with E-state index in [1.807, 2.05) is 20.8 Å². The van der Waals surface area contributed by atoms with E-state index >= 15 is 0 Å². The molecule has 2 rings (SSSR count). The van der Waals surface area contributed by atoms with Gasteiger partial charge in [0, 0.05) is 50.8 Å². The maximum atomic E-state index is 12.5. The van der Waals surface area contributed by atoms with E-state index in [2.05, 4.69) is 25.6 Å². The molecule has 0 aliphatic carbocycles. The molecule has 0 bridgehead atoms. The number of aryl methyl sites for hydroxylation is 2. The van der Waals surface area contributed by atoms with E-state index in [0.717, 1.165) is 37.5 Å². The fourth-order valence-corrected chi connectivity index (χ4v) is 5.25. The molecule has 0 unspecified atom stereocenters. The van der Waals surface area contributed by atoms with E-state index in [4.69, 9.17) is 4.74 Å². The normalized spacial score (nSPS) is 16.0. The maximum absolute atomic E-state index is 12.5. The number of unbranched alkanes of at least 4 members (excludes halogenated alkanes) is 1. The first kappa shape index (κ1) is 27.5. The Balaban J connectivity index is 0.00000450. The van der Waals surface area contributed by atoms with Crippen molar-refractivity contribution in [1.82, 2.24) is 19.5 Å². The molecule has 1 aromatic rings. The lowest BCUT2D eigenvalue weighted by Gasteiger charge is -2.35. The van der Waals surface area contributed by atoms with Gasteiger partial charge >= 0.3 is 0 Å². The zero-order chi connectivity index (χ0) is 21.3. The van der Waals surface area contributed by atoms with E-state index in [-0.39, 0.29) is 42.4 Å². The predicted molar refractivity (Wildman–Crippen MR) is 135 cm³/mol. The van der Waals surface area contributed by atoms with Gasteiger partial charge in [-0.05, 0) is 40.0 Å². The minimum atomic E-state index is -3.27. The summed E-state index contributed by atoms with van der Waals surface area (Å²) in [5, 5.41) is 6.69. The highest BCUT2D eigenvalue weighted by Crippen LogP contribution is 2.12. The summed E-state index contributed by atoms with van der Waals surface area (Å²) >= 11 is 1.72. The Morgan fingerprint density at radius 3 is 2.57 bits per heavy atom. The van der Waals surface area contributed by atoms with Crippen molar-refractivity contribution in [2.75, 3.05) is 52.1 Å². The largest absolute Gasteiger partial charge is 0.378 e. The molecule has 1 saturated heterocycles. The number of aromatic nitrogens is 1. The molecule has 1 fully saturated rings. The minimum Gasteiger partial charge on any atom is -0.378 e. The molecular weight excluding hydrogens is 537 g/mol. The molecule has 8 nitrogen and oxygen atoms in total. The van der Waals surface area contributed by atoms with Gasteiger partial charge in [0.15, 0.2) is 5.96 Å². The van der Waals surface area contributed by atoms with Crippen LogP contribution in [0.1, 0.15) is 37.4 Å². The lowest BCUT2D eigenvalue weighted by atomic mass is 10.2. The van der Waals surface area contributed by atoms with Crippen molar-refractivity contribution < 1.29 is 13.2 Å². The molecule has 0 amide bonds. The number of hydrogen-bond acceptors (Lipinski definition) is 6. The second kappa shape index (κ2) is 13.8. The predicted octanol–water partition coefficient (Wildman–Crippen LogP) is 2.34. The van der Waals surface area contributed by atoms with Crippen LogP contribution >= 0.6 is 35.3 Å². The number of piperazine rings is 1. The Morgan fingerprint density at radius 1 is 1.30 bits per heavy atom. The van der Waals surface area contributed by atoms with E-state index in [9.17, 15) is 8.42 Å². The molecular formula is C19H36IN5O3S2. The summed E-state index contributed by atoms with van der Waals surface area (Å²) in [5.74, 6) is 0.881. The number of guanidine groups is 1. The number of halogens is 1. The van der Waals surface area contributed by atoms with Crippen LogP contribution < -0.4 is 5.32 Å². The quantitative estimate of drug-likeness (QED) is 0.200. The highest BCUT2D eigenvalue weighted by atomic mass is 127. The molecule has 11 heteroatoms. The van der Waals surface area contributed by atoms with Gasteiger partial charge in [0.2, 0.25) is 10.0 Å². The molecule has 1 aliphatic heterocycles. The molecule has 1 aromatic heterocycles. The molecule has 0 radical (unpaired) electrons. The Bertz CT molecular complexity index is 747. The van der Waals surface area contributed by atoms with Crippen LogP contribution in [-0.2, 0) is 21.2 Å². The third kappa shape index (κ3) is 9.33. The fraction of sp³-hybridized carbons (Fsp3) is 0.789. The Morgan fingerprint density at radius 2 is 2.00 bits per heavy atom. The van der Waals surface area contributed by atoms with Gasteiger partial charge in [-0.15, -0.1) is 35.3 Å². The summed E-state index contributed by atoms with van der Waals surface area (Å²) in [7, 11) is -1.50. The number of ether oxygens (including phenoxy) is 1. The Kier molecular flexibility index (Phi) is 12.7. The smallest absolute Gasteiger partial charge is 0.216 e. The maximum Gasteiger partial charge on any atom is 0.216 e. The average Bonchev–Trinajstić information content (AvgIpc) is 3.09. The highest BCUT2D eigenvalue weighted by Gasteiger charge is 2.27. The lowest BCUT2D eigenvalue weighted by Crippen LogP contribution is -2.54. The zero-order valence-corrected chi connectivity index (χ0v) is 22.4. The molecule has 174 valence electrons. The average molecular weight is 574 g/mol. The molecule has 0 spiro atoms. The van der Waals surface area contributed by atoms with Crippen molar-refractivity contribution in [3.63, 3.8) is 0 Å². The van der Waals surface area contributed by atoms with Gasteiger partial charge in [-0.25, -0.2) is 13.4 Å². The topological polar surface area (TPSA) is 87.1 Å². The zero-order valence-electron chi connectivity index (χ0n) is 18.5. The van der Waals surface area contributed by atoms with Crippen molar-refractivity contribution in [3.8, 4) is 0 Å². The number of nitrogens with one attached hydrogen (secondary N) is 1. The van der Waals surface area contributed by atoms with E-state index in [1.165, 1.54) is 5.01 Å². The molecule has 0 aromatic carbocycles. The van der Waals surface area contributed by atoms with Gasteiger partial charge in [0.1, 0.15) is 0 Å². The van der Waals surface area contributed by atoms with Gasteiger partial charge in [-0.2, -0.15) is 4.31 Å². The highest BCUT2D eigenvalue weighted by molar-refractivity contribution is 14.0. The number of hydrogen-bond donors (Lipinski definition) is 1.